The van der Waals surface area contributed by atoms with Crippen molar-refractivity contribution in [3.05, 3.63) is 54.1 Å². The van der Waals surface area contributed by atoms with Crippen LogP contribution in [0.3, 0.4) is 0 Å². The topological polar surface area (TPSA) is 54.2 Å². The Bertz CT molecular complexity index is 672. The SMILES string of the molecule is CN=C(NCc1ccc(Cn2ccnc2)cc1)NCC1(C)CCCS1. The van der Waals surface area contributed by atoms with E-state index in [1.54, 1.807) is 6.20 Å². The molecule has 25 heavy (non-hydrogen) atoms. The molecule has 1 atom stereocenters. The average Bonchev–Trinajstić information content (AvgIpc) is 3.29. The minimum absolute atomic E-state index is 0.340. The number of guanidine groups is 1. The van der Waals surface area contributed by atoms with Gasteiger partial charge in [-0.05, 0) is 36.6 Å². The van der Waals surface area contributed by atoms with Gasteiger partial charge in [0.25, 0.3) is 0 Å². The molecule has 2 aromatic rings. The lowest BCUT2D eigenvalue weighted by Crippen LogP contribution is -2.43. The van der Waals surface area contributed by atoms with Gasteiger partial charge in [-0.3, -0.25) is 4.99 Å². The fourth-order valence-electron chi connectivity index (χ4n) is 3.01. The van der Waals surface area contributed by atoms with Crippen LogP contribution < -0.4 is 10.6 Å². The number of aliphatic imine (C=N–C) groups is 1. The molecule has 0 saturated carbocycles. The molecule has 6 heteroatoms. The number of thioether (sulfide) groups is 1. The Labute approximate surface area is 154 Å². The molecule has 1 aliphatic heterocycles. The predicted octanol–water partition coefficient (Wildman–Crippen LogP) is 2.88. The minimum atomic E-state index is 0.340. The van der Waals surface area contributed by atoms with E-state index in [1.807, 2.05) is 19.6 Å². The Hall–Kier alpha value is -1.95. The molecule has 134 valence electrons. The van der Waals surface area contributed by atoms with Crippen molar-refractivity contribution in [1.82, 2.24) is 20.2 Å². The second kappa shape index (κ2) is 8.43. The van der Waals surface area contributed by atoms with Crippen LogP contribution in [0.2, 0.25) is 0 Å². The van der Waals surface area contributed by atoms with Crippen LogP contribution in [0.25, 0.3) is 0 Å². The van der Waals surface area contributed by atoms with Gasteiger partial charge in [-0.1, -0.05) is 24.3 Å². The summed E-state index contributed by atoms with van der Waals surface area (Å²) in [4.78, 5) is 8.41. The van der Waals surface area contributed by atoms with Gasteiger partial charge in [-0.2, -0.15) is 11.8 Å². The summed E-state index contributed by atoms with van der Waals surface area (Å²) < 4.78 is 2.41. The van der Waals surface area contributed by atoms with Gasteiger partial charge < -0.3 is 15.2 Å². The number of imidazole rings is 1. The Morgan fingerprint density at radius 1 is 1.28 bits per heavy atom. The summed E-state index contributed by atoms with van der Waals surface area (Å²) in [7, 11) is 1.83. The van der Waals surface area contributed by atoms with Gasteiger partial charge in [-0.25, -0.2) is 4.98 Å². The molecule has 5 nitrogen and oxygen atoms in total. The number of nitrogens with zero attached hydrogens (tertiary/aromatic N) is 3. The zero-order valence-electron chi connectivity index (χ0n) is 15.0. The number of hydrogen-bond donors (Lipinski definition) is 2. The van der Waals surface area contributed by atoms with E-state index in [4.69, 9.17) is 0 Å². The number of aromatic nitrogens is 2. The van der Waals surface area contributed by atoms with Crippen LogP contribution in [0.5, 0.6) is 0 Å². The van der Waals surface area contributed by atoms with Crippen LogP contribution in [-0.4, -0.2) is 39.6 Å². The molecule has 1 unspecified atom stereocenters. The first-order valence-electron chi connectivity index (χ1n) is 8.79. The Kier molecular flexibility index (Phi) is 6.02. The lowest BCUT2D eigenvalue weighted by atomic mass is 10.1. The summed E-state index contributed by atoms with van der Waals surface area (Å²) in [5.41, 5.74) is 2.52. The number of hydrogen-bond acceptors (Lipinski definition) is 3. The van der Waals surface area contributed by atoms with Crippen molar-refractivity contribution in [2.75, 3.05) is 19.3 Å². The van der Waals surface area contributed by atoms with Gasteiger partial charge in [0.1, 0.15) is 0 Å². The minimum Gasteiger partial charge on any atom is -0.355 e. The summed E-state index contributed by atoms with van der Waals surface area (Å²) in [6.45, 7) is 4.92. The van der Waals surface area contributed by atoms with Gasteiger partial charge in [0.05, 0.1) is 6.33 Å². The molecule has 1 aromatic carbocycles. The first-order valence-corrected chi connectivity index (χ1v) is 9.77. The van der Waals surface area contributed by atoms with Crippen molar-refractivity contribution >= 4 is 17.7 Å². The first-order chi connectivity index (χ1) is 12.2. The first kappa shape index (κ1) is 17.9. The number of rotatable bonds is 6. The zero-order chi connectivity index (χ0) is 17.5. The summed E-state index contributed by atoms with van der Waals surface area (Å²) in [5, 5.41) is 6.88. The monoisotopic (exact) mass is 357 g/mol. The zero-order valence-corrected chi connectivity index (χ0v) is 15.9. The molecule has 2 N–H and O–H groups in total. The van der Waals surface area contributed by atoms with E-state index >= 15 is 0 Å². The van der Waals surface area contributed by atoms with Crippen LogP contribution >= 0.6 is 11.8 Å². The highest BCUT2D eigenvalue weighted by Gasteiger charge is 2.29. The van der Waals surface area contributed by atoms with E-state index in [0.29, 0.717) is 4.75 Å². The van der Waals surface area contributed by atoms with E-state index in [-0.39, 0.29) is 0 Å². The smallest absolute Gasteiger partial charge is 0.191 e. The Morgan fingerprint density at radius 2 is 2.08 bits per heavy atom. The highest BCUT2D eigenvalue weighted by molar-refractivity contribution is 8.00. The van der Waals surface area contributed by atoms with Gasteiger partial charge in [0.2, 0.25) is 0 Å². The predicted molar refractivity (Wildman–Crippen MR) is 106 cm³/mol. The number of nitrogens with one attached hydrogen (secondary N) is 2. The van der Waals surface area contributed by atoms with Crippen LogP contribution in [0.15, 0.2) is 48.0 Å². The van der Waals surface area contributed by atoms with Crippen LogP contribution in [0.1, 0.15) is 30.9 Å². The van der Waals surface area contributed by atoms with E-state index in [2.05, 4.69) is 68.1 Å². The lowest BCUT2D eigenvalue weighted by molar-refractivity contribution is 0.584. The molecule has 1 aliphatic rings. The molecule has 0 aliphatic carbocycles. The third kappa shape index (κ3) is 5.26. The average molecular weight is 358 g/mol. The van der Waals surface area contributed by atoms with Crippen molar-refractivity contribution in [3.63, 3.8) is 0 Å². The van der Waals surface area contributed by atoms with Crippen LogP contribution in [0, 0.1) is 0 Å². The summed E-state index contributed by atoms with van der Waals surface area (Å²) in [6, 6.07) is 8.67. The molecular weight excluding hydrogens is 330 g/mol. The Morgan fingerprint density at radius 3 is 2.72 bits per heavy atom. The van der Waals surface area contributed by atoms with Crippen molar-refractivity contribution in [2.45, 2.75) is 37.6 Å². The Balaban J connectivity index is 1.46. The molecule has 0 radical (unpaired) electrons. The third-order valence-electron chi connectivity index (χ3n) is 4.56. The fourth-order valence-corrected chi connectivity index (χ4v) is 4.25. The van der Waals surface area contributed by atoms with E-state index in [1.165, 1.54) is 29.7 Å². The second-order valence-corrected chi connectivity index (χ2v) is 8.42. The summed E-state index contributed by atoms with van der Waals surface area (Å²) >= 11 is 2.06. The molecule has 0 amide bonds. The third-order valence-corrected chi connectivity index (χ3v) is 6.10. The summed E-state index contributed by atoms with van der Waals surface area (Å²) in [5.74, 6) is 2.14. The van der Waals surface area contributed by atoms with E-state index in [9.17, 15) is 0 Å². The highest BCUT2D eigenvalue weighted by atomic mass is 32.2. The maximum absolute atomic E-state index is 4.34. The van der Waals surface area contributed by atoms with Gasteiger partial charge in [-0.15, -0.1) is 0 Å². The second-order valence-electron chi connectivity index (χ2n) is 6.73. The molecule has 0 bridgehead atoms. The highest BCUT2D eigenvalue weighted by Crippen LogP contribution is 2.36. The van der Waals surface area contributed by atoms with E-state index in [0.717, 1.165) is 25.6 Å². The molecule has 0 spiro atoms. The normalized spacial score (nSPS) is 20.6. The van der Waals surface area contributed by atoms with Gasteiger partial charge in [0, 0.05) is 43.8 Å². The molecule has 2 heterocycles. The number of benzene rings is 1. The van der Waals surface area contributed by atoms with Crippen molar-refractivity contribution in [1.29, 1.82) is 0 Å². The molecular formula is C19H27N5S. The van der Waals surface area contributed by atoms with Crippen molar-refractivity contribution in [2.24, 2.45) is 4.99 Å². The van der Waals surface area contributed by atoms with Crippen LogP contribution in [-0.2, 0) is 13.1 Å². The molecule has 1 fully saturated rings. The maximum Gasteiger partial charge on any atom is 0.191 e. The van der Waals surface area contributed by atoms with Crippen LogP contribution in [0.4, 0.5) is 0 Å². The van der Waals surface area contributed by atoms with Gasteiger partial charge >= 0.3 is 0 Å². The maximum atomic E-state index is 4.34. The fraction of sp³-hybridized carbons (Fsp3) is 0.474. The summed E-state index contributed by atoms with van der Waals surface area (Å²) in [6.07, 6.45) is 8.23. The van der Waals surface area contributed by atoms with Crippen molar-refractivity contribution in [3.8, 4) is 0 Å². The molecule has 3 rings (SSSR count). The standard InChI is InChI=1S/C19H27N5S/c1-19(8-3-11-25-19)14-23-18(20-2)22-12-16-4-6-17(7-5-16)13-24-10-9-21-15-24/h4-7,9-10,15H,3,8,11-14H2,1-2H3,(H2,20,22,23). The quantitative estimate of drug-likeness (QED) is 0.617. The van der Waals surface area contributed by atoms with Crippen molar-refractivity contribution < 1.29 is 0 Å². The molecule has 1 saturated heterocycles. The molecule has 1 aromatic heterocycles. The largest absolute Gasteiger partial charge is 0.355 e. The lowest BCUT2D eigenvalue weighted by Gasteiger charge is -2.24. The van der Waals surface area contributed by atoms with Gasteiger partial charge in [0.15, 0.2) is 5.96 Å². The van der Waals surface area contributed by atoms with E-state index < -0.39 is 0 Å².